The Balaban J connectivity index is 1.76. The van der Waals surface area contributed by atoms with E-state index in [1.807, 2.05) is 11.9 Å². The smallest absolute Gasteiger partial charge is 0.248 e. The summed E-state index contributed by atoms with van der Waals surface area (Å²) in [6, 6.07) is 0.399. The number of nitrogens with zero attached hydrogens (tertiary/aromatic N) is 1. The van der Waals surface area contributed by atoms with Crippen molar-refractivity contribution < 1.29 is 9.53 Å². The fourth-order valence-corrected chi connectivity index (χ4v) is 2.89. The van der Waals surface area contributed by atoms with Crippen LogP contribution in [0.2, 0.25) is 0 Å². The maximum Gasteiger partial charge on any atom is 0.248 e. The van der Waals surface area contributed by atoms with Gasteiger partial charge in [-0.05, 0) is 38.0 Å². The van der Waals surface area contributed by atoms with Crippen molar-refractivity contribution in [3.63, 3.8) is 0 Å². The predicted octanol–water partition coefficient (Wildman–Crippen LogP) is 1.79. The molecule has 2 fully saturated rings. The molecule has 0 bridgehead atoms. The lowest BCUT2D eigenvalue weighted by atomic mass is 9.75. The maximum absolute atomic E-state index is 12.2. The van der Waals surface area contributed by atoms with E-state index in [1.165, 1.54) is 12.8 Å². The number of hydrogen-bond acceptors (Lipinski definition) is 3. The van der Waals surface area contributed by atoms with E-state index in [0.29, 0.717) is 11.5 Å². The van der Waals surface area contributed by atoms with Crippen molar-refractivity contribution in [2.24, 2.45) is 5.41 Å². The number of amides is 1. The van der Waals surface area contributed by atoms with Crippen molar-refractivity contribution in [3.05, 3.63) is 0 Å². The van der Waals surface area contributed by atoms with Crippen LogP contribution in [0.3, 0.4) is 0 Å². The van der Waals surface area contributed by atoms with Crippen LogP contribution in [0.15, 0.2) is 0 Å². The van der Waals surface area contributed by atoms with Crippen LogP contribution in [-0.2, 0) is 9.53 Å². The van der Waals surface area contributed by atoms with Crippen molar-refractivity contribution >= 4 is 5.91 Å². The third kappa shape index (κ3) is 3.69. The molecule has 0 radical (unpaired) electrons. The van der Waals surface area contributed by atoms with Crippen LogP contribution in [0.5, 0.6) is 0 Å². The third-order valence-corrected chi connectivity index (χ3v) is 4.79. The Labute approximate surface area is 116 Å². The molecule has 1 N–H and O–H groups in total. The first-order valence-electron chi connectivity index (χ1n) is 7.42. The predicted molar refractivity (Wildman–Crippen MR) is 76.0 cm³/mol. The standard InChI is InChI=1S/C15H28N2O2/c1-14(2)7-5-12(6-8-14)17(4)13(18)9-19-15(3)10-16-11-15/h12,16H,5-11H2,1-4H3. The molecular formula is C15H28N2O2. The fraction of sp³-hybridized carbons (Fsp3) is 0.933. The molecule has 4 nitrogen and oxygen atoms in total. The van der Waals surface area contributed by atoms with Crippen molar-refractivity contribution in [1.82, 2.24) is 10.2 Å². The molecule has 0 aromatic rings. The van der Waals surface area contributed by atoms with Gasteiger partial charge in [0.1, 0.15) is 6.61 Å². The average Bonchev–Trinajstić information content (AvgIpc) is 2.33. The van der Waals surface area contributed by atoms with Gasteiger partial charge in [-0.1, -0.05) is 13.8 Å². The molecule has 1 heterocycles. The zero-order valence-corrected chi connectivity index (χ0v) is 12.8. The molecule has 0 aromatic carbocycles. The SMILES string of the molecule is CN(C(=O)COC1(C)CNC1)C1CCC(C)(C)CC1. The third-order valence-electron chi connectivity index (χ3n) is 4.79. The van der Waals surface area contributed by atoms with Crippen LogP contribution >= 0.6 is 0 Å². The highest BCUT2D eigenvalue weighted by atomic mass is 16.5. The zero-order chi connectivity index (χ0) is 14.1. The van der Waals surface area contributed by atoms with Gasteiger partial charge in [-0.3, -0.25) is 4.79 Å². The first kappa shape index (κ1) is 14.8. The van der Waals surface area contributed by atoms with Gasteiger partial charge in [0.25, 0.3) is 0 Å². The average molecular weight is 268 g/mol. The first-order valence-corrected chi connectivity index (χ1v) is 7.42. The quantitative estimate of drug-likeness (QED) is 0.845. The summed E-state index contributed by atoms with van der Waals surface area (Å²) in [5.41, 5.74) is 0.313. The van der Waals surface area contributed by atoms with E-state index >= 15 is 0 Å². The van der Waals surface area contributed by atoms with Gasteiger partial charge < -0.3 is 15.0 Å². The number of carbonyl (C=O) groups excluding carboxylic acids is 1. The van der Waals surface area contributed by atoms with Crippen molar-refractivity contribution in [3.8, 4) is 0 Å². The van der Waals surface area contributed by atoms with Crippen LogP contribution in [-0.4, -0.2) is 49.2 Å². The maximum atomic E-state index is 12.2. The summed E-state index contributed by atoms with van der Waals surface area (Å²) < 4.78 is 5.73. The van der Waals surface area contributed by atoms with Gasteiger partial charge in [0.15, 0.2) is 0 Å². The Morgan fingerprint density at radius 2 is 1.84 bits per heavy atom. The fourth-order valence-electron chi connectivity index (χ4n) is 2.89. The molecule has 19 heavy (non-hydrogen) atoms. The van der Waals surface area contributed by atoms with Gasteiger partial charge in [0, 0.05) is 26.2 Å². The van der Waals surface area contributed by atoms with Crippen LogP contribution < -0.4 is 5.32 Å². The summed E-state index contributed by atoms with van der Waals surface area (Å²) >= 11 is 0. The normalized spacial score (nSPS) is 25.7. The molecule has 2 rings (SSSR count). The van der Waals surface area contributed by atoms with Crippen LogP contribution in [0, 0.1) is 5.41 Å². The molecule has 1 saturated heterocycles. The van der Waals surface area contributed by atoms with Gasteiger partial charge in [-0.25, -0.2) is 0 Å². The molecule has 4 heteroatoms. The van der Waals surface area contributed by atoms with E-state index in [1.54, 1.807) is 0 Å². The molecule has 1 saturated carbocycles. The number of hydrogen-bond donors (Lipinski definition) is 1. The molecule has 0 atom stereocenters. The Morgan fingerprint density at radius 1 is 1.26 bits per heavy atom. The van der Waals surface area contributed by atoms with Crippen LogP contribution in [0.25, 0.3) is 0 Å². The van der Waals surface area contributed by atoms with Gasteiger partial charge in [0.05, 0.1) is 5.60 Å². The lowest BCUT2D eigenvalue weighted by Crippen LogP contribution is -2.59. The van der Waals surface area contributed by atoms with Crippen LogP contribution in [0.1, 0.15) is 46.5 Å². The van der Waals surface area contributed by atoms with E-state index in [4.69, 9.17) is 4.74 Å². The highest BCUT2D eigenvalue weighted by molar-refractivity contribution is 5.77. The monoisotopic (exact) mass is 268 g/mol. The number of ether oxygens (including phenoxy) is 1. The van der Waals surface area contributed by atoms with E-state index in [2.05, 4.69) is 26.1 Å². The zero-order valence-electron chi connectivity index (χ0n) is 12.8. The highest BCUT2D eigenvalue weighted by Crippen LogP contribution is 2.36. The number of nitrogens with one attached hydrogen (secondary N) is 1. The summed E-state index contributed by atoms with van der Waals surface area (Å²) in [5, 5.41) is 3.18. The minimum Gasteiger partial charge on any atom is -0.363 e. The second kappa shape index (κ2) is 5.41. The van der Waals surface area contributed by atoms with Gasteiger partial charge >= 0.3 is 0 Å². The Morgan fingerprint density at radius 3 is 2.32 bits per heavy atom. The molecule has 0 spiro atoms. The highest BCUT2D eigenvalue weighted by Gasteiger charge is 2.35. The van der Waals surface area contributed by atoms with E-state index in [9.17, 15) is 4.79 Å². The first-order chi connectivity index (χ1) is 8.81. The summed E-state index contributed by atoms with van der Waals surface area (Å²) in [7, 11) is 1.93. The molecule has 1 aliphatic carbocycles. The summed E-state index contributed by atoms with van der Waals surface area (Å²) in [5.74, 6) is 0.123. The Kier molecular flexibility index (Phi) is 4.21. The van der Waals surface area contributed by atoms with Gasteiger partial charge in [0.2, 0.25) is 5.91 Å². The molecule has 0 unspecified atom stereocenters. The minimum atomic E-state index is -0.134. The second-order valence-electron chi connectivity index (χ2n) is 7.24. The summed E-state index contributed by atoms with van der Waals surface area (Å²) in [4.78, 5) is 14.1. The Hall–Kier alpha value is -0.610. The van der Waals surface area contributed by atoms with E-state index in [-0.39, 0.29) is 18.1 Å². The molecule has 1 amide bonds. The topological polar surface area (TPSA) is 41.6 Å². The van der Waals surface area contributed by atoms with E-state index in [0.717, 1.165) is 25.9 Å². The van der Waals surface area contributed by atoms with Crippen molar-refractivity contribution in [2.75, 3.05) is 26.7 Å². The molecular weight excluding hydrogens is 240 g/mol. The number of likely N-dealkylation sites (N-methyl/N-ethyl adjacent to an activating group) is 1. The molecule has 0 aromatic heterocycles. The number of rotatable bonds is 4. The van der Waals surface area contributed by atoms with Crippen molar-refractivity contribution in [1.29, 1.82) is 0 Å². The molecule has 1 aliphatic heterocycles. The summed E-state index contributed by atoms with van der Waals surface area (Å²) in [6.45, 7) is 8.61. The Bertz CT molecular complexity index is 327. The van der Waals surface area contributed by atoms with Crippen LogP contribution in [0.4, 0.5) is 0 Å². The second-order valence-corrected chi connectivity index (χ2v) is 7.24. The number of carbonyl (C=O) groups is 1. The lowest BCUT2D eigenvalue weighted by Gasteiger charge is -2.41. The lowest BCUT2D eigenvalue weighted by molar-refractivity contribution is -0.147. The van der Waals surface area contributed by atoms with Gasteiger partial charge in [-0.15, -0.1) is 0 Å². The minimum absolute atomic E-state index is 0.123. The molecule has 2 aliphatic rings. The van der Waals surface area contributed by atoms with Crippen molar-refractivity contribution in [2.45, 2.75) is 58.1 Å². The summed E-state index contributed by atoms with van der Waals surface area (Å²) in [6.07, 6.45) is 4.65. The molecule has 110 valence electrons. The largest absolute Gasteiger partial charge is 0.363 e. The van der Waals surface area contributed by atoms with Gasteiger partial charge in [-0.2, -0.15) is 0 Å². The van der Waals surface area contributed by atoms with E-state index < -0.39 is 0 Å².